The van der Waals surface area contributed by atoms with Crippen LogP contribution in [0.4, 0.5) is 5.69 Å². The van der Waals surface area contributed by atoms with Gasteiger partial charge in [-0.25, -0.2) is 0 Å². The average molecular weight is 435 g/mol. The maximum atomic E-state index is 13.1. The Morgan fingerprint density at radius 1 is 1.07 bits per heavy atom. The summed E-state index contributed by atoms with van der Waals surface area (Å²) < 4.78 is 5.12. The van der Waals surface area contributed by atoms with Crippen LogP contribution in [0.3, 0.4) is 0 Å². The Kier molecular flexibility index (Phi) is 6.70. The Hall–Kier alpha value is -2.24. The molecule has 1 heterocycles. The van der Waals surface area contributed by atoms with Crippen molar-refractivity contribution in [2.24, 2.45) is 11.8 Å². The van der Waals surface area contributed by atoms with E-state index in [1.807, 2.05) is 4.90 Å². The van der Waals surface area contributed by atoms with Gasteiger partial charge >= 0.3 is 0 Å². The number of piperidine rings is 1. The highest BCUT2D eigenvalue weighted by Crippen LogP contribution is 2.34. The number of amides is 2. The van der Waals surface area contributed by atoms with Gasteiger partial charge in [0, 0.05) is 18.7 Å². The predicted octanol–water partition coefficient (Wildman–Crippen LogP) is 5.37. The van der Waals surface area contributed by atoms with E-state index in [2.05, 4.69) is 19.2 Å². The molecular formula is C22H24Cl2N2O3. The molecule has 7 heteroatoms. The van der Waals surface area contributed by atoms with E-state index >= 15 is 0 Å². The second kappa shape index (κ2) is 9.06. The zero-order chi connectivity index (χ0) is 21.1. The van der Waals surface area contributed by atoms with Crippen molar-refractivity contribution in [1.82, 2.24) is 4.90 Å². The molecule has 0 aliphatic carbocycles. The second-order valence-electron chi connectivity index (χ2n) is 7.63. The molecule has 2 aromatic rings. The number of ether oxygens (including phenoxy) is 1. The molecule has 1 fully saturated rings. The number of carbonyl (C=O) groups excluding carboxylic acids is 2. The molecule has 2 atom stereocenters. The number of nitrogens with zero attached hydrogens (tertiary/aromatic N) is 1. The van der Waals surface area contributed by atoms with E-state index in [1.165, 1.54) is 19.2 Å². The fourth-order valence-corrected chi connectivity index (χ4v) is 4.50. The zero-order valence-electron chi connectivity index (χ0n) is 16.7. The lowest BCUT2D eigenvalue weighted by Gasteiger charge is -2.35. The number of methoxy groups -OCH3 is 1. The van der Waals surface area contributed by atoms with Crippen molar-refractivity contribution >= 4 is 40.7 Å². The fraction of sp³-hybridized carbons (Fsp3) is 0.364. The molecule has 0 bridgehead atoms. The summed E-state index contributed by atoms with van der Waals surface area (Å²) >= 11 is 12.3. The molecule has 154 valence electrons. The topological polar surface area (TPSA) is 58.6 Å². The third kappa shape index (κ3) is 4.85. The fourth-order valence-electron chi connectivity index (χ4n) is 3.86. The number of anilines is 1. The molecule has 0 aromatic heterocycles. The number of nitrogens with one attached hydrogen (secondary N) is 1. The molecule has 1 aliphatic rings. The van der Waals surface area contributed by atoms with Gasteiger partial charge in [0.05, 0.1) is 28.4 Å². The molecule has 0 saturated carbocycles. The summed E-state index contributed by atoms with van der Waals surface area (Å²) in [4.78, 5) is 27.8. The highest BCUT2D eigenvalue weighted by Gasteiger charge is 2.27. The van der Waals surface area contributed by atoms with Crippen molar-refractivity contribution in [2.45, 2.75) is 20.3 Å². The first kappa shape index (κ1) is 21.5. The number of para-hydroxylation sites is 1. The SMILES string of the molecule is COc1c(Cl)cc(C(=O)Nc2ccccc2C(=O)N2CC(C)CC(C)C2)cc1Cl. The van der Waals surface area contributed by atoms with Crippen LogP contribution in [-0.2, 0) is 0 Å². The molecule has 5 nitrogen and oxygen atoms in total. The normalized spacial score (nSPS) is 19.0. The number of rotatable bonds is 4. The minimum absolute atomic E-state index is 0.0786. The Bertz CT molecular complexity index is 899. The first-order valence-corrected chi connectivity index (χ1v) is 10.3. The molecule has 2 unspecified atom stereocenters. The summed E-state index contributed by atoms with van der Waals surface area (Å²) in [6.45, 7) is 5.74. The van der Waals surface area contributed by atoms with Crippen LogP contribution in [0.2, 0.25) is 10.0 Å². The van der Waals surface area contributed by atoms with Crippen LogP contribution in [-0.4, -0.2) is 36.9 Å². The predicted molar refractivity (Wildman–Crippen MR) is 116 cm³/mol. The average Bonchev–Trinajstić information content (AvgIpc) is 2.67. The Morgan fingerprint density at radius 3 is 2.24 bits per heavy atom. The van der Waals surface area contributed by atoms with E-state index < -0.39 is 5.91 Å². The number of likely N-dealkylation sites (tertiary alicyclic amines) is 1. The van der Waals surface area contributed by atoms with Crippen molar-refractivity contribution < 1.29 is 14.3 Å². The van der Waals surface area contributed by atoms with Crippen LogP contribution in [0.1, 0.15) is 41.0 Å². The van der Waals surface area contributed by atoms with Crippen molar-refractivity contribution in [3.63, 3.8) is 0 Å². The van der Waals surface area contributed by atoms with Crippen molar-refractivity contribution in [3.05, 3.63) is 57.6 Å². The van der Waals surface area contributed by atoms with Crippen LogP contribution in [0.15, 0.2) is 36.4 Å². The molecule has 1 aliphatic heterocycles. The lowest BCUT2D eigenvalue weighted by atomic mass is 9.91. The van der Waals surface area contributed by atoms with E-state index in [0.717, 1.165) is 19.5 Å². The van der Waals surface area contributed by atoms with Crippen LogP contribution in [0.5, 0.6) is 5.75 Å². The number of carbonyl (C=O) groups is 2. The lowest BCUT2D eigenvalue weighted by molar-refractivity contribution is 0.0624. The van der Waals surface area contributed by atoms with Gasteiger partial charge in [-0.3, -0.25) is 9.59 Å². The summed E-state index contributed by atoms with van der Waals surface area (Å²) in [7, 11) is 1.46. The van der Waals surface area contributed by atoms with Crippen molar-refractivity contribution in [3.8, 4) is 5.75 Å². The molecular weight excluding hydrogens is 411 g/mol. The largest absolute Gasteiger partial charge is 0.494 e. The zero-order valence-corrected chi connectivity index (χ0v) is 18.2. The van der Waals surface area contributed by atoms with Gasteiger partial charge in [0.2, 0.25) is 0 Å². The minimum atomic E-state index is -0.405. The summed E-state index contributed by atoms with van der Waals surface area (Å²) in [5.41, 5.74) is 1.20. The van der Waals surface area contributed by atoms with E-state index in [-0.39, 0.29) is 21.5 Å². The summed E-state index contributed by atoms with van der Waals surface area (Å²) in [5.74, 6) is 0.733. The van der Waals surface area contributed by atoms with Crippen molar-refractivity contribution in [2.75, 3.05) is 25.5 Å². The molecule has 0 spiro atoms. The van der Waals surface area contributed by atoms with E-state index in [0.29, 0.717) is 28.8 Å². The number of hydrogen-bond donors (Lipinski definition) is 1. The molecule has 1 N–H and O–H groups in total. The highest BCUT2D eigenvalue weighted by molar-refractivity contribution is 6.37. The van der Waals surface area contributed by atoms with Crippen LogP contribution in [0.25, 0.3) is 0 Å². The van der Waals surface area contributed by atoms with Gasteiger partial charge in [-0.1, -0.05) is 49.2 Å². The first-order chi connectivity index (χ1) is 13.8. The molecule has 0 radical (unpaired) electrons. The summed E-state index contributed by atoms with van der Waals surface area (Å²) in [6.07, 6.45) is 1.11. The van der Waals surface area contributed by atoms with Gasteiger partial charge in [0.15, 0.2) is 5.75 Å². The smallest absolute Gasteiger partial charge is 0.255 e. The third-order valence-corrected chi connectivity index (χ3v) is 5.59. The van der Waals surface area contributed by atoms with E-state index in [9.17, 15) is 9.59 Å². The van der Waals surface area contributed by atoms with E-state index in [4.69, 9.17) is 27.9 Å². The summed E-state index contributed by atoms with van der Waals surface area (Å²) in [5, 5.41) is 3.30. The summed E-state index contributed by atoms with van der Waals surface area (Å²) in [6, 6.07) is 9.99. The van der Waals surface area contributed by atoms with E-state index in [1.54, 1.807) is 24.3 Å². The maximum absolute atomic E-state index is 13.1. The molecule has 2 amide bonds. The Balaban J connectivity index is 1.84. The second-order valence-corrected chi connectivity index (χ2v) is 8.44. The van der Waals surface area contributed by atoms with Gasteiger partial charge in [0.25, 0.3) is 11.8 Å². The van der Waals surface area contributed by atoms with Gasteiger partial charge in [-0.2, -0.15) is 0 Å². The molecule has 3 rings (SSSR count). The molecule has 2 aromatic carbocycles. The lowest BCUT2D eigenvalue weighted by Crippen LogP contribution is -2.42. The van der Waals surface area contributed by atoms with Crippen LogP contribution in [0, 0.1) is 11.8 Å². The number of benzene rings is 2. The maximum Gasteiger partial charge on any atom is 0.255 e. The molecule has 29 heavy (non-hydrogen) atoms. The van der Waals surface area contributed by atoms with Crippen molar-refractivity contribution in [1.29, 1.82) is 0 Å². The molecule has 1 saturated heterocycles. The third-order valence-electron chi connectivity index (χ3n) is 5.03. The monoisotopic (exact) mass is 434 g/mol. The standard InChI is InChI=1S/C22H24Cl2N2O3/c1-13-8-14(2)12-26(11-13)22(28)16-6-4-5-7-19(16)25-21(27)15-9-17(23)20(29-3)18(24)10-15/h4-7,9-10,13-14H,8,11-12H2,1-3H3,(H,25,27). The van der Waals surface area contributed by atoms with Gasteiger partial charge in [-0.05, 0) is 42.5 Å². The number of hydrogen-bond acceptors (Lipinski definition) is 3. The quantitative estimate of drug-likeness (QED) is 0.702. The van der Waals surface area contributed by atoms with Crippen LogP contribution < -0.4 is 10.1 Å². The Labute approximate surface area is 180 Å². The van der Waals surface area contributed by atoms with Gasteiger partial charge < -0.3 is 15.0 Å². The van der Waals surface area contributed by atoms with Gasteiger partial charge in [-0.15, -0.1) is 0 Å². The minimum Gasteiger partial charge on any atom is -0.494 e. The Morgan fingerprint density at radius 2 is 1.66 bits per heavy atom. The first-order valence-electron chi connectivity index (χ1n) is 9.52. The number of halogens is 2. The van der Waals surface area contributed by atoms with Gasteiger partial charge in [0.1, 0.15) is 0 Å². The highest BCUT2D eigenvalue weighted by atomic mass is 35.5. The van der Waals surface area contributed by atoms with Crippen LogP contribution >= 0.6 is 23.2 Å².